The van der Waals surface area contributed by atoms with Crippen LogP contribution in [0.15, 0.2) is 0 Å². The van der Waals surface area contributed by atoms with E-state index in [1.54, 1.807) is 7.11 Å². The summed E-state index contributed by atoms with van der Waals surface area (Å²) in [7, 11) is 1.55. The molecule has 0 rings (SSSR count). The number of ether oxygens (including phenoxy) is 1. The van der Waals surface area contributed by atoms with E-state index >= 15 is 0 Å². The first-order valence-corrected chi connectivity index (χ1v) is 3.82. The molecule has 0 atom stereocenters. The fraction of sp³-hybridized carbons (Fsp3) is 0.900. The molecule has 0 saturated heterocycles. The Morgan fingerprint density at radius 2 is 1.85 bits per heavy atom. The predicted molar refractivity (Wildman–Crippen MR) is 57.6 cm³/mol. The largest absolute Gasteiger partial charge is 0.364 e. The van der Waals surface area contributed by atoms with Gasteiger partial charge in [-0.05, 0) is 6.42 Å². The first kappa shape index (κ1) is 18.3. The van der Waals surface area contributed by atoms with Crippen LogP contribution >= 0.6 is 0 Å². The number of hydrogen-bond donors (Lipinski definition) is 1. The number of methoxy groups -OCH3 is 1. The summed E-state index contributed by atoms with van der Waals surface area (Å²) in [4.78, 5) is 11.3. The Morgan fingerprint density at radius 3 is 2.15 bits per heavy atom. The van der Waals surface area contributed by atoms with Crippen molar-refractivity contribution in [2.75, 3.05) is 13.8 Å². The van der Waals surface area contributed by atoms with Gasteiger partial charge in [-0.3, -0.25) is 4.79 Å². The van der Waals surface area contributed by atoms with Gasteiger partial charge in [0.25, 0.3) is 0 Å². The zero-order valence-electron chi connectivity index (χ0n) is 7.73. The third-order valence-corrected chi connectivity index (χ3v) is 1.88. The molecule has 0 saturated carbocycles. The van der Waals surface area contributed by atoms with Crippen LogP contribution in [0.4, 0.5) is 0 Å². The van der Waals surface area contributed by atoms with Gasteiger partial charge in [0.2, 0.25) is 5.91 Å². The molecule has 0 fully saturated rings. The van der Waals surface area contributed by atoms with E-state index in [4.69, 9.17) is 4.74 Å². The van der Waals surface area contributed by atoms with E-state index < -0.39 is 0 Å². The number of rotatable bonds is 4. The molecule has 0 aromatic rings. The Bertz CT molecular complexity index is 133. The Hall–Kier alpha value is -0.570. The second-order valence-electron chi connectivity index (χ2n) is 3.18. The minimum absolute atomic E-state index is 0. The van der Waals surface area contributed by atoms with Crippen LogP contribution < -0.4 is 5.32 Å². The quantitative estimate of drug-likeness (QED) is 0.693. The maximum Gasteiger partial charge on any atom is 0.227 e. The molecule has 0 aliphatic heterocycles. The molecule has 0 aliphatic carbocycles. The van der Waals surface area contributed by atoms with Gasteiger partial charge >= 0.3 is 0 Å². The Balaban J connectivity index is -0.000000500. The molecular weight excluding hydrogens is 166 g/mol. The van der Waals surface area contributed by atoms with E-state index in [9.17, 15) is 4.79 Å². The Kier molecular flexibility index (Phi) is 11.3. The lowest BCUT2D eigenvalue weighted by molar-refractivity contribution is -0.131. The van der Waals surface area contributed by atoms with Crippen LogP contribution in [0, 0.1) is 5.41 Å². The van der Waals surface area contributed by atoms with Gasteiger partial charge in [0.1, 0.15) is 6.73 Å². The van der Waals surface area contributed by atoms with E-state index in [1.165, 1.54) is 0 Å². The highest BCUT2D eigenvalue weighted by atomic mass is 16.5. The molecule has 3 heteroatoms. The highest BCUT2D eigenvalue weighted by molar-refractivity contribution is 5.81. The second kappa shape index (κ2) is 8.05. The first-order chi connectivity index (χ1) is 5.04. The Morgan fingerprint density at radius 1 is 1.38 bits per heavy atom. The SMILES string of the molecule is C.C.CCC(C)(C)C(=O)NCOC. The lowest BCUT2D eigenvalue weighted by Gasteiger charge is -2.20. The van der Waals surface area contributed by atoms with Crippen LogP contribution in [0.25, 0.3) is 0 Å². The fourth-order valence-corrected chi connectivity index (χ4v) is 0.538. The molecule has 0 aliphatic rings. The molecule has 82 valence electrons. The Labute approximate surface area is 82.9 Å². The summed E-state index contributed by atoms with van der Waals surface area (Å²) in [6, 6.07) is 0. The minimum Gasteiger partial charge on any atom is -0.364 e. The zero-order chi connectivity index (χ0) is 8.91. The van der Waals surface area contributed by atoms with Gasteiger partial charge in [0.15, 0.2) is 0 Å². The summed E-state index contributed by atoms with van der Waals surface area (Å²) < 4.78 is 4.72. The fourth-order valence-electron chi connectivity index (χ4n) is 0.538. The second-order valence-corrected chi connectivity index (χ2v) is 3.18. The normalized spacial score (nSPS) is 9.54. The predicted octanol–water partition coefficient (Wildman–Crippen LogP) is 2.41. The van der Waals surface area contributed by atoms with E-state index in [-0.39, 0.29) is 26.2 Å². The summed E-state index contributed by atoms with van der Waals surface area (Å²) in [6.07, 6.45) is 0.836. The van der Waals surface area contributed by atoms with Gasteiger partial charge in [0.05, 0.1) is 0 Å². The van der Waals surface area contributed by atoms with Crippen LogP contribution in [0.3, 0.4) is 0 Å². The number of carbonyl (C=O) groups excluding carboxylic acids is 1. The van der Waals surface area contributed by atoms with Crippen LogP contribution in [-0.4, -0.2) is 19.7 Å². The summed E-state index contributed by atoms with van der Waals surface area (Å²) in [5.41, 5.74) is -0.279. The van der Waals surface area contributed by atoms with Crippen molar-refractivity contribution >= 4 is 5.91 Å². The van der Waals surface area contributed by atoms with Crippen LogP contribution in [0.2, 0.25) is 0 Å². The molecular formula is C10H25NO2. The summed E-state index contributed by atoms with van der Waals surface area (Å²) >= 11 is 0. The van der Waals surface area contributed by atoms with E-state index in [0.717, 1.165) is 6.42 Å². The zero-order valence-corrected chi connectivity index (χ0v) is 7.73. The molecule has 3 nitrogen and oxygen atoms in total. The molecule has 1 amide bonds. The topological polar surface area (TPSA) is 38.3 Å². The molecule has 0 bridgehead atoms. The smallest absolute Gasteiger partial charge is 0.227 e. The van der Waals surface area contributed by atoms with Crippen LogP contribution in [0.5, 0.6) is 0 Å². The van der Waals surface area contributed by atoms with Crippen LogP contribution in [0.1, 0.15) is 42.0 Å². The van der Waals surface area contributed by atoms with Crippen molar-refractivity contribution in [1.29, 1.82) is 0 Å². The summed E-state index contributed by atoms with van der Waals surface area (Å²) in [6.45, 7) is 6.12. The van der Waals surface area contributed by atoms with E-state index in [2.05, 4.69) is 5.32 Å². The molecule has 0 aromatic carbocycles. The molecule has 0 aromatic heterocycles. The van der Waals surface area contributed by atoms with Gasteiger partial charge in [-0.15, -0.1) is 0 Å². The van der Waals surface area contributed by atoms with E-state index in [1.807, 2.05) is 20.8 Å². The van der Waals surface area contributed by atoms with Crippen molar-refractivity contribution in [1.82, 2.24) is 5.32 Å². The average Bonchev–Trinajstić information content (AvgIpc) is 2.00. The summed E-state index contributed by atoms with van der Waals surface area (Å²) in [5, 5.41) is 2.66. The molecule has 0 spiro atoms. The van der Waals surface area contributed by atoms with Crippen molar-refractivity contribution < 1.29 is 9.53 Å². The third-order valence-electron chi connectivity index (χ3n) is 1.88. The van der Waals surface area contributed by atoms with Crippen molar-refractivity contribution in [2.24, 2.45) is 5.41 Å². The van der Waals surface area contributed by atoms with Gasteiger partial charge in [-0.25, -0.2) is 0 Å². The lowest BCUT2D eigenvalue weighted by Crippen LogP contribution is -2.37. The molecule has 1 N–H and O–H groups in total. The lowest BCUT2D eigenvalue weighted by atomic mass is 9.89. The van der Waals surface area contributed by atoms with Crippen molar-refractivity contribution in [3.8, 4) is 0 Å². The van der Waals surface area contributed by atoms with Crippen molar-refractivity contribution in [2.45, 2.75) is 42.0 Å². The van der Waals surface area contributed by atoms with Crippen molar-refractivity contribution in [3.63, 3.8) is 0 Å². The number of hydrogen-bond acceptors (Lipinski definition) is 2. The van der Waals surface area contributed by atoms with E-state index in [0.29, 0.717) is 6.73 Å². The standard InChI is InChI=1S/C8H17NO2.2CH4/c1-5-8(2,3)7(10)9-6-11-4;;/h5-6H2,1-4H3,(H,9,10);2*1H4. The number of amides is 1. The monoisotopic (exact) mass is 191 g/mol. The molecule has 0 unspecified atom stereocenters. The average molecular weight is 191 g/mol. The summed E-state index contributed by atoms with van der Waals surface area (Å²) in [5.74, 6) is 0.0434. The molecule has 0 radical (unpaired) electrons. The van der Waals surface area contributed by atoms with Gasteiger partial charge in [-0.2, -0.15) is 0 Å². The molecule has 0 heterocycles. The molecule has 13 heavy (non-hydrogen) atoms. The maximum atomic E-state index is 11.3. The number of carbonyl (C=O) groups is 1. The number of nitrogens with one attached hydrogen (secondary N) is 1. The van der Waals surface area contributed by atoms with Gasteiger partial charge < -0.3 is 10.1 Å². The maximum absolute atomic E-state index is 11.3. The van der Waals surface area contributed by atoms with Crippen molar-refractivity contribution in [3.05, 3.63) is 0 Å². The first-order valence-electron chi connectivity index (χ1n) is 3.82. The minimum atomic E-state index is -0.279. The third kappa shape index (κ3) is 6.58. The van der Waals surface area contributed by atoms with Gasteiger partial charge in [-0.1, -0.05) is 35.6 Å². The highest BCUT2D eigenvalue weighted by Gasteiger charge is 2.24. The van der Waals surface area contributed by atoms with Crippen LogP contribution in [-0.2, 0) is 9.53 Å². The van der Waals surface area contributed by atoms with Gasteiger partial charge in [0, 0.05) is 12.5 Å². The highest BCUT2D eigenvalue weighted by Crippen LogP contribution is 2.18.